The molecule has 0 aliphatic heterocycles. The molecule has 2 atom stereocenters. The second-order valence-corrected chi connectivity index (χ2v) is 9.18. The van der Waals surface area contributed by atoms with Crippen LogP contribution in [0.4, 0.5) is 13.6 Å². The Hall–Kier alpha value is -2.35. The van der Waals surface area contributed by atoms with Gasteiger partial charge in [-0.25, -0.2) is 13.6 Å². The summed E-state index contributed by atoms with van der Waals surface area (Å²) in [5.41, 5.74) is 4.81. The van der Waals surface area contributed by atoms with Gasteiger partial charge in [-0.2, -0.15) is 0 Å². The Bertz CT molecular complexity index is 1010. The van der Waals surface area contributed by atoms with Crippen molar-refractivity contribution in [1.29, 1.82) is 0 Å². The Morgan fingerprint density at radius 3 is 2.50 bits per heavy atom. The first-order valence-electron chi connectivity index (χ1n) is 9.88. The maximum absolute atomic E-state index is 15.2. The van der Waals surface area contributed by atoms with Gasteiger partial charge in [-0.15, -0.1) is 0 Å². The maximum Gasteiger partial charge on any atom is 0.407 e. The Labute approximate surface area is 178 Å². The van der Waals surface area contributed by atoms with Crippen molar-refractivity contribution in [3.63, 3.8) is 0 Å². The van der Waals surface area contributed by atoms with Crippen molar-refractivity contribution in [2.75, 3.05) is 0 Å². The fourth-order valence-corrected chi connectivity index (χ4v) is 4.41. The molecule has 2 aromatic rings. The molecular formula is C21H26ClF2N3O3. The van der Waals surface area contributed by atoms with Crippen molar-refractivity contribution in [2.45, 2.75) is 70.9 Å². The van der Waals surface area contributed by atoms with E-state index in [0.717, 1.165) is 0 Å². The summed E-state index contributed by atoms with van der Waals surface area (Å²) in [6, 6.07) is -0.259. The van der Waals surface area contributed by atoms with Gasteiger partial charge in [-0.3, -0.25) is 4.79 Å². The van der Waals surface area contributed by atoms with E-state index in [1.54, 1.807) is 27.7 Å². The fourth-order valence-electron chi connectivity index (χ4n) is 4.16. The highest BCUT2D eigenvalue weighted by Gasteiger charge is 2.34. The number of hydrogen-bond donors (Lipinski definition) is 3. The Morgan fingerprint density at radius 1 is 1.23 bits per heavy atom. The van der Waals surface area contributed by atoms with Crippen LogP contribution in [0.1, 0.15) is 74.0 Å². The van der Waals surface area contributed by atoms with Gasteiger partial charge in [0.15, 0.2) is 11.6 Å². The van der Waals surface area contributed by atoms with Crippen molar-refractivity contribution in [3.8, 4) is 0 Å². The molecule has 0 bridgehead atoms. The van der Waals surface area contributed by atoms with Crippen molar-refractivity contribution in [3.05, 3.63) is 33.5 Å². The Kier molecular flexibility index (Phi) is 6.00. The van der Waals surface area contributed by atoms with Crippen molar-refractivity contribution < 1.29 is 23.1 Å². The molecule has 1 aliphatic carbocycles. The van der Waals surface area contributed by atoms with Crippen LogP contribution in [0, 0.1) is 18.6 Å². The average molecular weight is 442 g/mol. The lowest BCUT2D eigenvalue weighted by atomic mass is 9.79. The minimum absolute atomic E-state index is 0.0983. The highest BCUT2D eigenvalue weighted by Crippen LogP contribution is 2.43. The average Bonchev–Trinajstić information content (AvgIpc) is 2.89. The Morgan fingerprint density at radius 2 is 1.90 bits per heavy atom. The third-order valence-corrected chi connectivity index (χ3v) is 5.80. The number of aryl methyl sites for hydroxylation is 1. The van der Waals surface area contributed by atoms with Crippen LogP contribution >= 0.6 is 11.6 Å². The molecule has 2 unspecified atom stereocenters. The number of benzene rings is 1. The highest BCUT2D eigenvalue weighted by molar-refractivity contribution is 6.37. The lowest BCUT2D eigenvalue weighted by Crippen LogP contribution is -2.41. The van der Waals surface area contributed by atoms with Gasteiger partial charge in [0.25, 0.3) is 5.91 Å². The minimum Gasteiger partial charge on any atom is -0.444 e. The predicted octanol–water partition coefficient (Wildman–Crippen LogP) is 5.06. The molecule has 0 spiro atoms. The number of amides is 2. The number of alkyl carbamates (subject to hydrolysis) is 1. The molecule has 6 nitrogen and oxygen atoms in total. The second kappa shape index (κ2) is 8.06. The van der Waals surface area contributed by atoms with Gasteiger partial charge >= 0.3 is 6.09 Å². The smallest absolute Gasteiger partial charge is 0.407 e. The summed E-state index contributed by atoms with van der Waals surface area (Å²) in [6.45, 7) is 6.95. The second-order valence-electron chi connectivity index (χ2n) is 8.80. The molecule has 4 N–H and O–H groups in total. The number of fused-ring (bicyclic) bond motifs is 1. The first-order chi connectivity index (χ1) is 13.9. The zero-order valence-electron chi connectivity index (χ0n) is 17.4. The van der Waals surface area contributed by atoms with Crippen LogP contribution < -0.4 is 11.1 Å². The molecule has 0 radical (unpaired) electrons. The van der Waals surface area contributed by atoms with Gasteiger partial charge in [0.2, 0.25) is 0 Å². The summed E-state index contributed by atoms with van der Waals surface area (Å²) in [5, 5.41) is 3.31. The van der Waals surface area contributed by atoms with Gasteiger partial charge in [0, 0.05) is 22.7 Å². The number of ether oxygens (including phenoxy) is 1. The largest absolute Gasteiger partial charge is 0.444 e. The van der Waals surface area contributed by atoms with Gasteiger partial charge < -0.3 is 20.8 Å². The van der Waals surface area contributed by atoms with Crippen LogP contribution in [0.25, 0.3) is 10.9 Å². The van der Waals surface area contributed by atoms with Crippen LogP contribution in [0.2, 0.25) is 5.02 Å². The number of nitrogens with two attached hydrogens (primary N) is 1. The lowest BCUT2D eigenvalue weighted by molar-refractivity contribution is 0.0490. The van der Waals surface area contributed by atoms with E-state index >= 15 is 4.39 Å². The quantitative estimate of drug-likeness (QED) is 0.621. The molecule has 1 fully saturated rings. The normalized spacial score (nSPS) is 19.7. The minimum atomic E-state index is -1.29. The molecule has 1 saturated carbocycles. The number of halogens is 3. The molecule has 164 valence electrons. The lowest BCUT2D eigenvalue weighted by Gasteiger charge is -2.31. The summed E-state index contributed by atoms with van der Waals surface area (Å²) >= 11 is 6.40. The number of carbonyl (C=O) groups excluding carboxylic acids is 2. The SMILES string of the molecule is Cc1[nH]c2c(C(N)=O)c(F)c(F)c(C3CCCC(NC(=O)OC(C)(C)C)C3)c2c1Cl. The van der Waals surface area contributed by atoms with Crippen LogP contribution in [-0.4, -0.2) is 28.6 Å². The van der Waals surface area contributed by atoms with Crippen LogP contribution in [-0.2, 0) is 4.74 Å². The number of carbonyl (C=O) groups is 2. The molecule has 2 amide bonds. The zero-order chi connectivity index (χ0) is 22.4. The highest BCUT2D eigenvalue weighted by atomic mass is 35.5. The van der Waals surface area contributed by atoms with E-state index in [9.17, 15) is 14.0 Å². The maximum atomic E-state index is 15.2. The molecule has 9 heteroatoms. The van der Waals surface area contributed by atoms with Gasteiger partial charge in [0.1, 0.15) is 11.2 Å². The number of aromatic nitrogens is 1. The number of primary amides is 1. The number of rotatable bonds is 3. The molecule has 30 heavy (non-hydrogen) atoms. The van der Waals surface area contributed by atoms with E-state index in [1.165, 1.54) is 0 Å². The standard InChI is InChI=1S/C21H26ClF2N3O3/c1-9-15(22)13-12(16(23)17(24)14(19(25)28)18(13)26-9)10-6-5-7-11(8-10)27-20(29)30-21(2,3)4/h10-11,26H,5-8H2,1-4H3,(H2,25,28)(H,27,29). The summed E-state index contributed by atoms with van der Waals surface area (Å²) in [5.74, 6) is -3.88. The van der Waals surface area contributed by atoms with Crippen LogP contribution in [0.15, 0.2) is 0 Å². The van der Waals surface area contributed by atoms with E-state index in [1.807, 2.05) is 0 Å². The zero-order valence-corrected chi connectivity index (χ0v) is 18.2. The van der Waals surface area contributed by atoms with Gasteiger partial charge in [-0.05, 0) is 52.9 Å². The molecular weight excluding hydrogens is 416 g/mol. The van der Waals surface area contributed by atoms with Gasteiger partial charge in [-0.1, -0.05) is 18.0 Å². The number of aromatic amines is 1. The van der Waals surface area contributed by atoms with Crippen LogP contribution in [0.3, 0.4) is 0 Å². The first kappa shape index (κ1) is 22.3. The number of hydrogen-bond acceptors (Lipinski definition) is 3. The Balaban J connectivity index is 2.00. The van der Waals surface area contributed by atoms with Crippen molar-refractivity contribution in [1.82, 2.24) is 10.3 Å². The number of H-pyrrole nitrogens is 1. The molecule has 1 aromatic heterocycles. The summed E-state index contributed by atoms with van der Waals surface area (Å²) < 4.78 is 35.3. The van der Waals surface area contributed by atoms with Crippen molar-refractivity contribution in [2.24, 2.45) is 5.73 Å². The molecule has 1 aromatic carbocycles. The summed E-state index contributed by atoms with van der Waals surface area (Å²) in [7, 11) is 0. The van der Waals surface area contributed by atoms with E-state index in [0.29, 0.717) is 31.4 Å². The third kappa shape index (κ3) is 4.24. The molecule has 1 aliphatic rings. The molecule has 0 saturated heterocycles. The van der Waals surface area contributed by atoms with Crippen molar-refractivity contribution >= 4 is 34.5 Å². The molecule has 3 rings (SSSR count). The summed E-state index contributed by atoms with van der Waals surface area (Å²) in [6.07, 6.45) is 1.83. The third-order valence-electron chi connectivity index (χ3n) is 5.33. The van der Waals surface area contributed by atoms with E-state index < -0.39 is 40.7 Å². The van der Waals surface area contributed by atoms with Crippen LogP contribution in [0.5, 0.6) is 0 Å². The predicted molar refractivity (Wildman–Crippen MR) is 111 cm³/mol. The van der Waals surface area contributed by atoms with E-state index in [4.69, 9.17) is 22.1 Å². The monoisotopic (exact) mass is 441 g/mol. The topological polar surface area (TPSA) is 97.2 Å². The number of nitrogens with one attached hydrogen (secondary N) is 2. The fraction of sp³-hybridized carbons (Fsp3) is 0.524. The first-order valence-corrected chi connectivity index (χ1v) is 10.3. The van der Waals surface area contributed by atoms with Gasteiger partial charge in [0.05, 0.1) is 10.5 Å². The van der Waals surface area contributed by atoms with E-state index in [2.05, 4.69) is 10.3 Å². The molecule has 1 heterocycles. The summed E-state index contributed by atoms with van der Waals surface area (Å²) in [4.78, 5) is 26.8. The van der Waals surface area contributed by atoms with E-state index in [-0.39, 0.29) is 27.5 Å².